The lowest BCUT2D eigenvalue weighted by Crippen LogP contribution is -2.28. The molecule has 1 heterocycles. The van der Waals surface area contributed by atoms with E-state index in [9.17, 15) is 9.59 Å². The number of carbonyl (C=O) groups is 2. The van der Waals surface area contributed by atoms with Crippen LogP contribution in [0, 0.1) is 3.57 Å². The van der Waals surface area contributed by atoms with Gasteiger partial charge >= 0.3 is 5.97 Å². The Hall–Kier alpha value is -2.29. The highest BCUT2D eigenvalue weighted by Crippen LogP contribution is 2.32. The minimum absolute atomic E-state index is 0.208. The number of esters is 1. The van der Waals surface area contributed by atoms with Crippen molar-refractivity contribution in [1.82, 2.24) is 5.32 Å². The van der Waals surface area contributed by atoms with Gasteiger partial charge in [0.25, 0.3) is 5.91 Å². The van der Waals surface area contributed by atoms with Gasteiger partial charge in [0.2, 0.25) is 6.79 Å². The summed E-state index contributed by atoms with van der Waals surface area (Å²) in [4.78, 5) is 23.7. The van der Waals surface area contributed by atoms with Crippen LogP contribution in [-0.2, 0) is 16.1 Å². The number of amides is 1. The summed E-state index contributed by atoms with van der Waals surface area (Å²) in [5, 5.41) is 2.69. The van der Waals surface area contributed by atoms with Gasteiger partial charge in [-0.15, -0.1) is 0 Å². The van der Waals surface area contributed by atoms with Crippen molar-refractivity contribution in [2.24, 2.45) is 0 Å². The molecule has 0 spiro atoms. The van der Waals surface area contributed by atoms with E-state index in [1.165, 1.54) is 0 Å². The van der Waals surface area contributed by atoms with Crippen molar-refractivity contribution >= 4 is 34.5 Å². The van der Waals surface area contributed by atoms with Gasteiger partial charge in [0.05, 0.1) is 5.56 Å². The number of carbonyl (C=O) groups excluding carboxylic acids is 2. The van der Waals surface area contributed by atoms with Gasteiger partial charge in [-0.05, 0) is 58.5 Å². The molecule has 2 aromatic rings. The molecule has 1 amide bonds. The minimum atomic E-state index is -0.522. The molecule has 0 saturated heterocycles. The first-order chi connectivity index (χ1) is 11.6. The van der Waals surface area contributed by atoms with Crippen LogP contribution < -0.4 is 14.8 Å². The molecule has 7 heteroatoms. The maximum absolute atomic E-state index is 11.9. The number of nitrogens with one attached hydrogen (secondary N) is 1. The van der Waals surface area contributed by atoms with Crippen LogP contribution in [0.3, 0.4) is 0 Å². The van der Waals surface area contributed by atoms with Crippen LogP contribution in [0.25, 0.3) is 0 Å². The van der Waals surface area contributed by atoms with E-state index in [0.29, 0.717) is 23.6 Å². The van der Waals surface area contributed by atoms with Crippen molar-refractivity contribution in [3.63, 3.8) is 0 Å². The zero-order valence-electron chi connectivity index (χ0n) is 12.6. The Kier molecular flexibility index (Phi) is 5.19. The third kappa shape index (κ3) is 4.16. The van der Waals surface area contributed by atoms with E-state index in [4.69, 9.17) is 14.2 Å². The number of benzene rings is 2. The molecule has 0 atom stereocenters. The van der Waals surface area contributed by atoms with Gasteiger partial charge in [0, 0.05) is 10.1 Å². The molecule has 1 N–H and O–H groups in total. The van der Waals surface area contributed by atoms with Crippen LogP contribution in [0.15, 0.2) is 42.5 Å². The van der Waals surface area contributed by atoms with Crippen molar-refractivity contribution in [2.45, 2.75) is 6.54 Å². The van der Waals surface area contributed by atoms with E-state index in [1.807, 2.05) is 12.1 Å². The first-order valence-electron chi connectivity index (χ1n) is 7.20. The van der Waals surface area contributed by atoms with Gasteiger partial charge in [-0.1, -0.05) is 12.1 Å². The highest BCUT2D eigenvalue weighted by atomic mass is 127. The summed E-state index contributed by atoms with van der Waals surface area (Å²) in [5.41, 5.74) is 1.29. The lowest BCUT2D eigenvalue weighted by molar-refractivity contribution is -0.124. The molecule has 1 aliphatic rings. The second-order valence-corrected chi connectivity index (χ2v) is 6.30. The Morgan fingerprint density at radius 2 is 1.96 bits per heavy atom. The SMILES string of the molecule is O=C(COC(=O)c1cccc(I)c1)NCc1ccc2c(c1)OCO2. The second-order valence-electron chi connectivity index (χ2n) is 5.05. The number of rotatable bonds is 5. The molecule has 1 aliphatic heterocycles. The molecule has 0 saturated carbocycles. The summed E-state index contributed by atoms with van der Waals surface area (Å²) < 4.78 is 16.4. The largest absolute Gasteiger partial charge is 0.454 e. The first kappa shape index (κ1) is 16.6. The van der Waals surface area contributed by atoms with E-state index in [2.05, 4.69) is 27.9 Å². The molecule has 0 aliphatic carbocycles. The number of halogens is 1. The standard InChI is InChI=1S/C17H14INO5/c18-13-3-1-2-12(7-13)17(21)22-9-16(20)19-8-11-4-5-14-15(6-11)24-10-23-14/h1-7H,8-10H2,(H,19,20). The van der Waals surface area contributed by atoms with Crippen LogP contribution in [0.1, 0.15) is 15.9 Å². The minimum Gasteiger partial charge on any atom is -0.454 e. The van der Waals surface area contributed by atoms with E-state index in [-0.39, 0.29) is 19.3 Å². The maximum Gasteiger partial charge on any atom is 0.338 e. The molecule has 3 rings (SSSR count). The van der Waals surface area contributed by atoms with Crippen LogP contribution in [0.2, 0.25) is 0 Å². The molecule has 0 bridgehead atoms. The Morgan fingerprint density at radius 1 is 1.12 bits per heavy atom. The molecular weight excluding hydrogens is 425 g/mol. The van der Waals surface area contributed by atoms with Crippen LogP contribution >= 0.6 is 22.6 Å². The molecule has 0 fully saturated rings. The fourth-order valence-electron chi connectivity index (χ4n) is 2.13. The fourth-order valence-corrected chi connectivity index (χ4v) is 2.68. The molecule has 6 nitrogen and oxygen atoms in total. The smallest absolute Gasteiger partial charge is 0.338 e. The van der Waals surface area contributed by atoms with Crippen LogP contribution in [0.5, 0.6) is 11.5 Å². The summed E-state index contributed by atoms with van der Waals surface area (Å²) >= 11 is 2.11. The Balaban J connectivity index is 1.47. The van der Waals surface area contributed by atoms with Crippen molar-refractivity contribution < 1.29 is 23.8 Å². The zero-order chi connectivity index (χ0) is 16.9. The Labute approximate surface area is 152 Å². The molecule has 24 heavy (non-hydrogen) atoms. The van der Waals surface area contributed by atoms with E-state index in [1.54, 1.807) is 30.3 Å². The topological polar surface area (TPSA) is 73.9 Å². The van der Waals surface area contributed by atoms with Gasteiger partial charge < -0.3 is 19.5 Å². The predicted molar refractivity (Wildman–Crippen MR) is 93.9 cm³/mol. The highest BCUT2D eigenvalue weighted by Gasteiger charge is 2.14. The lowest BCUT2D eigenvalue weighted by Gasteiger charge is -2.07. The van der Waals surface area contributed by atoms with Gasteiger partial charge in [-0.25, -0.2) is 4.79 Å². The number of hydrogen-bond donors (Lipinski definition) is 1. The summed E-state index contributed by atoms with van der Waals surface area (Å²) in [6, 6.07) is 12.4. The van der Waals surface area contributed by atoms with Crippen molar-refractivity contribution in [3.8, 4) is 11.5 Å². The fraction of sp³-hybridized carbons (Fsp3) is 0.176. The summed E-state index contributed by atoms with van der Waals surface area (Å²) in [7, 11) is 0. The van der Waals surface area contributed by atoms with Crippen molar-refractivity contribution in [2.75, 3.05) is 13.4 Å². The van der Waals surface area contributed by atoms with E-state index < -0.39 is 5.97 Å². The molecule has 0 aromatic heterocycles. The van der Waals surface area contributed by atoms with E-state index in [0.717, 1.165) is 9.13 Å². The number of hydrogen-bond acceptors (Lipinski definition) is 5. The highest BCUT2D eigenvalue weighted by molar-refractivity contribution is 14.1. The molecule has 0 radical (unpaired) electrons. The second kappa shape index (κ2) is 7.52. The number of fused-ring (bicyclic) bond motifs is 1. The third-order valence-electron chi connectivity index (χ3n) is 3.32. The third-order valence-corrected chi connectivity index (χ3v) is 3.99. The average Bonchev–Trinajstić information content (AvgIpc) is 3.05. The monoisotopic (exact) mass is 439 g/mol. The molecule has 0 unspecified atom stereocenters. The Morgan fingerprint density at radius 3 is 2.79 bits per heavy atom. The van der Waals surface area contributed by atoms with Gasteiger partial charge in [0.1, 0.15) is 0 Å². The quantitative estimate of drug-likeness (QED) is 0.573. The normalized spacial score (nSPS) is 11.9. The van der Waals surface area contributed by atoms with Crippen molar-refractivity contribution in [3.05, 3.63) is 57.2 Å². The lowest BCUT2D eigenvalue weighted by atomic mass is 10.2. The van der Waals surface area contributed by atoms with Crippen LogP contribution in [0.4, 0.5) is 0 Å². The summed E-state index contributed by atoms with van der Waals surface area (Å²) in [5.74, 6) is 0.460. The van der Waals surface area contributed by atoms with Gasteiger partial charge in [-0.2, -0.15) is 0 Å². The molecule has 124 valence electrons. The van der Waals surface area contributed by atoms with E-state index >= 15 is 0 Å². The van der Waals surface area contributed by atoms with Crippen molar-refractivity contribution in [1.29, 1.82) is 0 Å². The first-order valence-corrected chi connectivity index (χ1v) is 8.27. The van der Waals surface area contributed by atoms with Gasteiger partial charge in [0.15, 0.2) is 18.1 Å². The Bertz CT molecular complexity index is 777. The predicted octanol–water partition coefficient (Wildman–Crippen LogP) is 2.49. The summed E-state index contributed by atoms with van der Waals surface area (Å²) in [6.07, 6.45) is 0. The maximum atomic E-state index is 11.9. The zero-order valence-corrected chi connectivity index (χ0v) is 14.7. The number of ether oxygens (including phenoxy) is 3. The molecule has 2 aromatic carbocycles. The van der Waals surface area contributed by atoms with Crippen LogP contribution in [-0.4, -0.2) is 25.3 Å². The summed E-state index contributed by atoms with van der Waals surface area (Å²) in [6.45, 7) is 0.199. The van der Waals surface area contributed by atoms with Gasteiger partial charge in [-0.3, -0.25) is 4.79 Å². The molecular formula is C17H14INO5. The average molecular weight is 439 g/mol.